The van der Waals surface area contributed by atoms with Crippen molar-refractivity contribution in [2.75, 3.05) is 13.6 Å². The smallest absolute Gasteiger partial charge is 0.387 e. The molecule has 1 unspecified atom stereocenters. The highest BCUT2D eigenvalue weighted by atomic mass is 19.4. The first-order valence-electron chi connectivity index (χ1n) is 4.62. The molecule has 0 aliphatic carbocycles. The minimum Gasteiger partial charge on any atom is -0.387 e. The lowest BCUT2D eigenvalue weighted by molar-refractivity contribution is -0.137. The number of aliphatic hydroxyl groups is 1. The molecule has 3 nitrogen and oxygen atoms in total. The Labute approximate surface area is 91.3 Å². The predicted octanol–water partition coefficient (Wildman–Crippen LogP) is 1.54. The topological polar surface area (TPSA) is 49.5 Å². The van der Waals surface area contributed by atoms with Crippen LogP contribution in [-0.2, 0) is 6.18 Å². The fraction of sp³-hybridized carbons (Fsp3) is 0.400. The molecule has 3 N–H and O–H groups in total. The van der Waals surface area contributed by atoms with E-state index in [4.69, 9.17) is 5.84 Å². The number of benzene rings is 1. The van der Waals surface area contributed by atoms with Gasteiger partial charge in [-0.2, -0.15) is 13.2 Å². The molecular weight excluding hydrogens is 221 g/mol. The van der Waals surface area contributed by atoms with Crippen LogP contribution in [0.3, 0.4) is 0 Å². The van der Waals surface area contributed by atoms with E-state index >= 15 is 0 Å². The number of nitrogens with two attached hydrogens (primary N) is 1. The number of halogens is 3. The molecule has 0 saturated carbocycles. The van der Waals surface area contributed by atoms with Crippen LogP contribution in [0.4, 0.5) is 13.2 Å². The van der Waals surface area contributed by atoms with Crippen molar-refractivity contribution in [2.45, 2.75) is 12.3 Å². The second-order valence-corrected chi connectivity index (χ2v) is 3.58. The Balaban J connectivity index is 2.79. The molecule has 0 bridgehead atoms. The molecule has 16 heavy (non-hydrogen) atoms. The molecule has 0 aliphatic heterocycles. The van der Waals surface area contributed by atoms with Crippen molar-refractivity contribution < 1.29 is 18.3 Å². The largest absolute Gasteiger partial charge is 0.416 e. The van der Waals surface area contributed by atoms with E-state index in [0.717, 1.165) is 12.1 Å². The molecule has 6 heteroatoms. The maximum atomic E-state index is 12.2. The number of alkyl halides is 3. The second kappa shape index (κ2) is 4.82. The third-order valence-corrected chi connectivity index (χ3v) is 2.08. The average Bonchev–Trinajstić information content (AvgIpc) is 2.15. The van der Waals surface area contributed by atoms with Gasteiger partial charge in [0.1, 0.15) is 0 Å². The molecule has 0 fully saturated rings. The summed E-state index contributed by atoms with van der Waals surface area (Å²) < 4.78 is 36.7. The van der Waals surface area contributed by atoms with Gasteiger partial charge in [0.25, 0.3) is 0 Å². The average molecular weight is 234 g/mol. The summed E-state index contributed by atoms with van der Waals surface area (Å²) in [7, 11) is 1.56. The summed E-state index contributed by atoms with van der Waals surface area (Å²) in [5.41, 5.74) is -0.324. The Kier molecular flexibility index (Phi) is 3.90. The number of hydrazine groups is 1. The summed E-state index contributed by atoms with van der Waals surface area (Å²) in [5.74, 6) is 5.32. The number of nitrogens with zero attached hydrogens (tertiary/aromatic N) is 1. The first kappa shape index (κ1) is 13.0. The molecule has 0 spiro atoms. The number of aliphatic hydroxyl groups excluding tert-OH is 1. The van der Waals surface area contributed by atoms with E-state index < -0.39 is 17.8 Å². The van der Waals surface area contributed by atoms with Gasteiger partial charge in [-0.25, -0.2) is 5.01 Å². The highest BCUT2D eigenvalue weighted by Gasteiger charge is 2.30. The van der Waals surface area contributed by atoms with Crippen molar-refractivity contribution in [3.8, 4) is 0 Å². The maximum Gasteiger partial charge on any atom is 0.416 e. The predicted molar refractivity (Wildman–Crippen MR) is 53.2 cm³/mol. The monoisotopic (exact) mass is 234 g/mol. The number of likely N-dealkylation sites (N-methyl/N-ethyl adjacent to an activating group) is 1. The van der Waals surface area contributed by atoms with E-state index in [1.165, 1.54) is 17.1 Å². The van der Waals surface area contributed by atoms with E-state index in [-0.39, 0.29) is 6.54 Å². The molecule has 0 saturated heterocycles. The summed E-state index contributed by atoms with van der Waals surface area (Å²) >= 11 is 0. The number of hydrogen-bond donors (Lipinski definition) is 2. The zero-order valence-corrected chi connectivity index (χ0v) is 8.70. The van der Waals surface area contributed by atoms with Gasteiger partial charge in [0, 0.05) is 13.6 Å². The molecule has 1 aromatic carbocycles. The standard InChI is InChI=1S/C10H13F3N2O/c1-15(14)6-9(16)7-2-4-8(5-3-7)10(11,12)13/h2-5,9,16H,6,14H2,1H3. The summed E-state index contributed by atoms with van der Waals surface area (Å²) in [4.78, 5) is 0. The molecule has 1 aromatic rings. The van der Waals surface area contributed by atoms with Crippen LogP contribution in [0.15, 0.2) is 24.3 Å². The van der Waals surface area contributed by atoms with Gasteiger partial charge in [0.15, 0.2) is 0 Å². The lowest BCUT2D eigenvalue weighted by atomic mass is 10.1. The van der Waals surface area contributed by atoms with Crippen LogP contribution < -0.4 is 5.84 Å². The highest BCUT2D eigenvalue weighted by Crippen LogP contribution is 2.29. The first-order valence-corrected chi connectivity index (χ1v) is 4.62. The van der Waals surface area contributed by atoms with E-state index in [9.17, 15) is 18.3 Å². The Bertz CT molecular complexity index is 335. The van der Waals surface area contributed by atoms with Crippen LogP contribution in [0, 0.1) is 0 Å². The fourth-order valence-corrected chi connectivity index (χ4v) is 1.27. The van der Waals surface area contributed by atoms with Crippen molar-refractivity contribution in [3.63, 3.8) is 0 Å². The summed E-state index contributed by atoms with van der Waals surface area (Å²) in [6.07, 6.45) is -5.24. The van der Waals surface area contributed by atoms with Crippen LogP contribution in [0.1, 0.15) is 17.2 Å². The van der Waals surface area contributed by atoms with Crippen molar-refractivity contribution in [1.82, 2.24) is 5.01 Å². The quantitative estimate of drug-likeness (QED) is 0.616. The van der Waals surface area contributed by atoms with E-state index in [2.05, 4.69) is 0 Å². The van der Waals surface area contributed by atoms with Crippen LogP contribution >= 0.6 is 0 Å². The third-order valence-electron chi connectivity index (χ3n) is 2.08. The van der Waals surface area contributed by atoms with Gasteiger partial charge in [0.05, 0.1) is 11.7 Å². The molecule has 0 aliphatic rings. The molecule has 0 heterocycles. The Morgan fingerprint density at radius 2 is 1.81 bits per heavy atom. The van der Waals surface area contributed by atoms with Gasteiger partial charge < -0.3 is 5.11 Å². The van der Waals surface area contributed by atoms with Crippen LogP contribution in [0.5, 0.6) is 0 Å². The number of rotatable bonds is 3. The normalized spacial score (nSPS) is 14.2. The van der Waals surface area contributed by atoms with Gasteiger partial charge in [-0.05, 0) is 17.7 Å². The van der Waals surface area contributed by atoms with E-state index in [1.54, 1.807) is 7.05 Å². The molecule has 90 valence electrons. The molecule has 0 aromatic heterocycles. The van der Waals surface area contributed by atoms with E-state index in [0.29, 0.717) is 5.56 Å². The Morgan fingerprint density at radius 3 is 2.19 bits per heavy atom. The van der Waals surface area contributed by atoms with Crippen LogP contribution in [0.2, 0.25) is 0 Å². The summed E-state index contributed by atoms with van der Waals surface area (Å²) in [6.45, 7) is 0.158. The minimum absolute atomic E-state index is 0.158. The van der Waals surface area contributed by atoms with Crippen molar-refractivity contribution in [3.05, 3.63) is 35.4 Å². The Hall–Kier alpha value is -1.11. The van der Waals surface area contributed by atoms with Crippen LogP contribution in [0.25, 0.3) is 0 Å². The molecule has 0 amide bonds. The second-order valence-electron chi connectivity index (χ2n) is 3.58. The maximum absolute atomic E-state index is 12.2. The van der Waals surface area contributed by atoms with Gasteiger partial charge in [0.2, 0.25) is 0 Å². The van der Waals surface area contributed by atoms with Gasteiger partial charge in [-0.15, -0.1) is 0 Å². The molecule has 1 atom stereocenters. The summed E-state index contributed by atoms with van der Waals surface area (Å²) in [5, 5.41) is 10.8. The summed E-state index contributed by atoms with van der Waals surface area (Å²) in [6, 6.07) is 4.37. The lowest BCUT2D eigenvalue weighted by Gasteiger charge is -2.16. The number of hydrogen-bond acceptors (Lipinski definition) is 3. The van der Waals surface area contributed by atoms with Crippen molar-refractivity contribution >= 4 is 0 Å². The first-order chi connectivity index (χ1) is 7.30. The zero-order chi connectivity index (χ0) is 12.3. The van der Waals surface area contributed by atoms with Gasteiger partial charge >= 0.3 is 6.18 Å². The lowest BCUT2D eigenvalue weighted by Crippen LogP contribution is -2.30. The van der Waals surface area contributed by atoms with Crippen molar-refractivity contribution in [1.29, 1.82) is 0 Å². The molecular formula is C10H13F3N2O. The third kappa shape index (κ3) is 3.48. The molecule has 0 radical (unpaired) electrons. The highest BCUT2D eigenvalue weighted by molar-refractivity contribution is 5.26. The van der Waals surface area contributed by atoms with Gasteiger partial charge in [-0.3, -0.25) is 5.84 Å². The SMILES string of the molecule is CN(N)CC(O)c1ccc(C(F)(F)F)cc1. The molecule has 1 rings (SSSR count). The zero-order valence-electron chi connectivity index (χ0n) is 8.70. The van der Waals surface area contributed by atoms with Crippen LogP contribution in [-0.4, -0.2) is 23.7 Å². The fourth-order valence-electron chi connectivity index (χ4n) is 1.27. The minimum atomic E-state index is -4.35. The van der Waals surface area contributed by atoms with Crippen molar-refractivity contribution in [2.24, 2.45) is 5.84 Å². The van der Waals surface area contributed by atoms with Gasteiger partial charge in [-0.1, -0.05) is 12.1 Å². The Morgan fingerprint density at radius 1 is 1.31 bits per heavy atom. The van der Waals surface area contributed by atoms with E-state index in [1.807, 2.05) is 0 Å².